The molecule has 2 aliphatic heterocycles. The van der Waals surface area contributed by atoms with Gasteiger partial charge >= 0.3 is 0 Å². The van der Waals surface area contributed by atoms with Gasteiger partial charge in [0, 0.05) is 17.4 Å². The molecule has 1 amide bonds. The molecule has 2 aromatic rings. The first-order valence-corrected chi connectivity index (χ1v) is 12.2. The fourth-order valence-corrected chi connectivity index (χ4v) is 6.72. The number of nitrogens with zero attached hydrogens (tertiary/aromatic N) is 1. The molecule has 5 nitrogen and oxygen atoms in total. The summed E-state index contributed by atoms with van der Waals surface area (Å²) in [5, 5.41) is 0.831. The highest BCUT2D eigenvalue weighted by molar-refractivity contribution is 8.27. The molecule has 1 atom stereocenters. The van der Waals surface area contributed by atoms with E-state index < -0.39 is 10.6 Å². The zero-order valence-corrected chi connectivity index (χ0v) is 18.3. The first-order chi connectivity index (χ1) is 13.2. The highest BCUT2D eigenvalue weighted by Gasteiger charge is 2.42. The van der Waals surface area contributed by atoms with Crippen molar-refractivity contribution in [3.05, 3.63) is 51.0 Å². The Labute approximate surface area is 183 Å². The van der Waals surface area contributed by atoms with Crippen LogP contribution in [0.5, 0.6) is 0 Å². The van der Waals surface area contributed by atoms with Crippen molar-refractivity contribution in [2.24, 2.45) is 0 Å². The van der Waals surface area contributed by atoms with Crippen LogP contribution in [0.3, 0.4) is 0 Å². The van der Waals surface area contributed by atoms with Crippen LogP contribution in [0.2, 0.25) is 10.0 Å². The van der Waals surface area contributed by atoms with Gasteiger partial charge in [-0.05, 0) is 30.7 Å². The predicted molar refractivity (Wildman–Crippen MR) is 120 cm³/mol. The summed E-state index contributed by atoms with van der Waals surface area (Å²) in [6.45, 7) is 0. The largest absolute Gasteiger partial charge is 0.457 e. The van der Waals surface area contributed by atoms with Crippen LogP contribution in [0, 0.1) is 0 Å². The number of halogens is 2. The Bertz CT molecular complexity index is 1000. The maximum Gasteiger partial charge on any atom is 0.266 e. The Morgan fingerprint density at radius 1 is 1.29 bits per heavy atom. The number of benzene rings is 1. The lowest BCUT2D eigenvalue weighted by molar-refractivity contribution is -0.123. The number of carbonyl (C=O) groups excluding carboxylic acids is 1. The molecular formula is C18H15Cl2NO4S3. The number of hydrogen-bond acceptors (Lipinski definition) is 6. The number of hydrogen-bond donors (Lipinski definition) is 2. The van der Waals surface area contributed by atoms with Crippen LogP contribution in [0.25, 0.3) is 17.4 Å². The molecule has 2 aliphatic rings. The first kappa shape index (κ1) is 20.3. The minimum atomic E-state index is -2.62. The standard InChI is InChI=1S/C18H15Cl2NO4S3/c19-13-3-1-2-12(16(13)20)14-5-4-11(25-14)8-15-17(22)21(18(26)27-15)10-6-7-28(23,24)9-10/h1-5,8,10,23-24H,6-7,9H2. The molecule has 10 heteroatoms. The number of thiocarbonyl (C=S) groups is 1. The van der Waals surface area contributed by atoms with Crippen LogP contribution in [0.4, 0.5) is 0 Å². The molecule has 2 fully saturated rings. The van der Waals surface area contributed by atoms with E-state index >= 15 is 0 Å². The lowest BCUT2D eigenvalue weighted by atomic mass is 10.2. The molecule has 1 unspecified atom stereocenters. The maximum atomic E-state index is 12.8. The van der Waals surface area contributed by atoms with Gasteiger partial charge in [0.1, 0.15) is 15.8 Å². The summed E-state index contributed by atoms with van der Waals surface area (Å²) in [5.41, 5.74) is 0.664. The zero-order valence-electron chi connectivity index (χ0n) is 14.3. The predicted octanol–water partition coefficient (Wildman–Crippen LogP) is 5.98. The van der Waals surface area contributed by atoms with Gasteiger partial charge in [-0.15, -0.1) is 0 Å². The summed E-state index contributed by atoms with van der Waals surface area (Å²) < 4.78 is 25.9. The number of furan rings is 1. The van der Waals surface area contributed by atoms with E-state index in [9.17, 15) is 13.9 Å². The number of carbonyl (C=O) groups is 1. The summed E-state index contributed by atoms with van der Waals surface area (Å²) >= 11 is 18.8. The Hall–Kier alpha value is -1.000. The second-order valence-corrected chi connectivity index (χ2v) is 11.3. The van der Waals surface area contributed by atoms with Crippen molar-refractivity contribution >= 4 is 74.1 Å². The second-order valence-electron chi connectivity index (χ2n) is 6.47. The SMILES string of the molecule is O=C1C(=Cc2ccc(-c3cccc(Cl)c3Cl)o2)SC(=S)N1C1CCS(O)(O)C1. The van der Waals surface area contributed by atoms with Crippen LogP contribution in [-0.2, 0) is 4.79 Å². The fourth-order valence-electron chi connectivity index (χ4n) is 3.20. The van der Waals surface area contributed by atoms with E-state index in [0.29, 0.717) is 48.5 Å². The molecule has 0 saturated carbocycles. The Morgan fingerprint density at radius 2 is 2.07 bits per heavy atom. The molecule has 0 spiro atoms. The summed E-state index contributed by atoms with van der Waals surface area (Å²) in [7, 11) is -2.62. The van der Waals surface area contributed by atoms with E-state index in [0.717, 1.165) is 0 Å². The monoisotopic (exact) mass is 475 g/mol. The number of rotatable bonds is 3. The van der Waals surface area contributed by atoms with Crippen LogP contribution in [-0.4, -0.2) is 41.8 Å². The highest BCUT2D eigenvalue weighted by Crippen LogP contribution is 2.49. The minimum Gasteiger partial charge on any atom is -0.457 e. The Morgan fingerprint density at radius 3 is 2.79 bits per heavy atom. The average molecular weight is 476 g/mol. The Kier molecular flexibility index (Phi) is 5.56. The van der Waals surface area contributed by atoms with E-state index in [2.05, 4.69) is 0 Å². The summed E-state index contributed by atoms with van der Waals surface area (Å²) in [6, 6.07) is 8.50. The quantitative estimate of drug-likeness (QED) is 0.420. The highest BCUT2D eigenvalue weighted by atomic mass is 35.5. The normalized spacial score (nSPS) is 24.4. The maximum absolute atomic E-state index is 12.8. The summed E-state index contributed by atoms with van der Waals surface area (Å²) in [4.78, 5) is 14.7. The van der Waals surface area contributed by atoms with Crippen molar-refractivity contribution in [2.75, 3.05) is 11.5 Å². The molecule has 1 aromatic carbocycles. The second kappa shape index (κ2) is 7.68. The van der Waals surface area contributed by atoms with Gasteiger partial charge < -0.3 is 4.42 Å². The van der Waals surface area contributed by atoms with Crippen molar-refractivity contribution in [1.82, 2.24) is 4.90 Å². The smallest absolute Gasteiger partial charge is 0.266 e. The molecule has 2 N–H and O–H groups in total. The van der Waals surface area contributed by atoms with Crippen molar-refractivity contribution in [1.29, 1.82) is 0 Å². The van der Waals surface area contributed by atoms with Crippen molar-refractivity contribution in [2.45, 2.75) is 12.5 Å². The van der Waals surface area contributed by atoms with Gasteiger partial charge in [0.05, 0.1) is 26.7 Å². The zero-order chi connectivity index (χ0) is 20.1. The van der Waals surface area contributed by atoms with Gasteiger partial charge in [-0.1, -0.05) is 53.2 Å². The van der Waals surface area contributed by atoms with E-state index in [4.69, 9.17) is 39.8 Å². The fraction of sp³-hybridized carbons (Fsp3) is 0.222. The van der Waals surface area contributed by atoms with Gasteiger partial charge in [-0.3, -0.25) is 18.8 Å². The molecule has 28 heavy (non-hydrogen) atoms. The van der Waals surface area contributed by atoms with Crippen LogP contribution < -0.4 is 0 Å². The summed E-state index contributed by atoms with van der Waals surface area (Å²) in [5.74, 6) is 1.26. The van der Waals surface area contributed by atoms with Crippen LogP contribution >= 0.6 is 57.8 Å². The van der Waals surface area contributed by atoms with Crippen LogP contribution in [0.15, 0.2) is 39.7 Å². The molecule has 4 rings (SSSR count). The molecule has 148 valence electrons. The van der Waals surface area contributed by atoms with Crippen molar-refractivity contribution in [3.8, 4) is 11.3 Å². The van der Waals surface area contributed by atoms with E-state index in [1.54, 1.807) is 36.4 Å². The third kappa shape index (κ3) is 3.87. The molecule has 1 aromatic heterocycles. The van der Waals surface area contributed by atoms with E-state index in [1.165, 1.54) is 16.7 Å². The number of amides is 1. The lowest BCUT2D eigenvalue weighted by Gasteiger charge is -2.28. The molecule has 0 bridgehead atoms. The summed E-state index contributed by atoms with van der Waals surface area (Å²) in [6.07, 6.45) is 2.16. The van der Waals surface area contributed by atoms with Gasteiger partial charge in [0.25, 0.3) is 5.91 Å². The molecule has 3 heterocycles. The molecular weight excluding hydrogens is 461 g/mol. The van der Waals surface area contributed by atoms with Crippen molar-refractivity contribution in [3.63, 3.8) is 0 Å². The van der Waals surface area contributed by atoms with E-state index in [-0.39, 0.29) is 17.7 Å². The molecule has 0 radical (unpaired) electrons. The third-order valence-electron chi connectivity index (χ3n) is 4.54. The first-order valence-electron chi connectivity index (χ1n) is 8.30. The topological polar surface area (TPSA) is 73.9 Å². The van der Waals surface area contributed by atoms with Gasteiger partial charge in [0.2, 0.25) is 0 Å². The third-order valence-corrected chi connectivity index (χ3v) is 8.50. The van der Waals surface area contributed by atoms with Gasteiger partial charge in [0.15, 0.2) is 0 Å². The lowest BCUT2D eigenvalue weighted by Crippen LogP contribution is -2.39. The van der Waals surface area contributed by atoms with Gasteiger partial charge in [-0.25, -0.2) is 0 Å². The number of thioether (sulfide) groups is 1. The van der Waals surface area contributed by atoms with Gasteiger partial charge in [-0.2, -0.15) is 10.6 Å². The van der Waals surface area contributed by atoms with Crippen molar-refractivity contribution < 1.29 is 18.3 Å². The molecule has 2 saturated heterocycles. The van der Waals surface area contributed by atoms with Crippen LogP contribution in [0.1, 0.15) is 12.2 Å². The van der Waals surface area contributed by atoms with E-state index in [1.807, 2.05) is 0 Å². The average Bonchev–Trinajstić information content (AvgIpc) is 3.29. The molecule has 0 aliphatic carbocycles. The Balaban J connectivity index is 1.57. The minimum absolute atomic E-state index is 0.172.